The highest BCUT2D eigenvalue weighted by molar-refractivity contribution is 6.39. The summed E-state index contributed by atoms with van der Waals surface area (Å²) >= 11 is 0. The van der Waals surface area contributed by atoms with Crippen LogP contribution in [-0.2, 0) is 57.7 Å². The van der Waals surface area contributed by atoms with Crippen molar-refractivity contribution in [2.24, 2.45) is 5.92 Å². The summed E-state index contributed by atoms with van der Waals surface area (Å²) in [6, 6.07) is 2.72. The van der Waals surface area contributed by atoms with Crippen molar-refractivity contribution in [1.29, 1.82) is 0 Å². The first-order chi connectivity index (χ1) is 32.8. The van der Waals surface area contributed by atoms with E-state index in [-0.39, 0.29) is 90.3 Å². The molecule has 16 nitrogen and oxygen atoms in total. The lowest BCUT2D eigenvalue weighted by molar-refractivity contribution is -0.151. The van der Waals surface area contributed by atoms with Crippen LogP contribution in [0, 0.1) is 5.92 Å². The molecular weight excluding hydrogens is 879 g/mol. The number of nitrogens with one attached hydrogen (secondary N) is 1. The zero-order valence-electron chi connectivity index (χ0n) is 39.1. The largest absolute Gasteiger partial charge is 0.507 e. The molecule has 0 spiro atoms. The molecule has 2 fully saturated rings. The predicted molar refractivity (Wildman–Crippen MR) is 255 cm³/mol. The zero-order chi connectivity index (χ0) is 48.4. The van der Waals surface area contributed by atoms with E-state index in [2.05, 4.69) is 5.32 Å². The maximum absolute atomic E-state index is 15.2. The molecule has 0 radical (unpaired) electrons. The van der Waals surface area contributed by atoms with Crippen molar-refractivity contribution in [3.05, 3.63) is 66.0 Å². The number of hydrogen-bond acceptors (Lipinski definition) is 16. The number of fused-ring (bicyclic) bond motifs is 1. The summed E-state index contributed by atoms with van der Waals surface area (Å²) < 4.78 is 33.5. The number of phenols is 1. The second-order valence-electron chi connectivity index (χ2n) is 18.4. The molecule has 16 heteroatoms. The Balaban J connectivity index is 1.28. The number of rotatable bonds is 22. The monoisotopic (exact) mass is 939 g/mol. The van der Waals surface area contributed by atoms with Crippen molar-refractivity contribution in [3.8, 4) is 11.5 Å². The molecule has 0 aromatic heterocycles. The van der Waals surface area contributed by atoms with Crippen LogP contribution < -0.4 is 20.9 Å². The Bertz CT molecular complexity index is 2870. The van der Waals surface area contributed by atoms with Gasteiger partial charge in [0.05, 0.1) is 76.3 Å². The first-order valence-corrected chi connectivity index (χ1v) is 23.6. The van der Waals surface area contributed by atoms with Gasteiger partial charge in [-0.15, -0.1) is 0 Å². The minimum absolute atomic E-state index is 0.00287. The fourth-order valence-electron chi connectivity index (χ4n) is 11.2. The number of methoxy groups -OCH3 is 2. The van der Waals surface area contributed by atoms with E-state index < -0.39 is 42.1 Å². The number of phenolic OH excluding ortho intramolecular Hbond substituents is 1. The molecule has 3 aliphatic carbocycles. The first-order valence-electron chi connectivity index (χ1n) is 23.6. The smallest absolute Gasteiger partial charge is 0.308 e. The van der Waals surface area contributed by atoms with E-state index in [1.807, 2.05) is 6.08 Å². The van der Waals surface area contributed by atoms with E-state index in [9.17, 15) is 34.5 Å². The molecule has 364 valence electrons. The minimum Gasteiger partial charge on any atom is -0.507 e. The summed E-state index contributed by atoms with van der Waals surface area (Å²) in [6.45, 7) is 3.64. The fourth-order valence-corrected chi connectivity index (χ4v) is 11.2. The lowest BCUT2D eigenvalue weighted by Crippen LogP contribution is -2.22. The number of hydrogen-bond donors (Lipinski definition) is 5. The van der Waals surface area contributed by atoms with Crippen molar-refractivity contribution >= 4 is 72.6 Å². The van der Waals surface area contributed by atoms with Crippen molar-refractivity contribution in [3.63, 3.8) is 0 Å². The van der Waals surface area contributed by atoms with Gasteiger partial charge in [0.15, 0.2) is 11.2 Å². The molecule has 5 N–H and O–H groups in total. The number of aliphatic hydroxyl groups excluding tert-OH is 3. The van der Waals surface area contributed by atoms with E-state index in [0.717, 1.165) is 0 Å². The number of esters is 2. The predicted octanol–water partition coefficient (Wildman–Crippen LogP) is 5.66. The fraction of sp³-hybridized carbons (Fsp3) is 0.519. The molecule has 68 heavy (non-hydrogen) atoms. The number of anilines is 1. The van der Waals surface area contributed by atoms with Crippen molar-refractivity contribution < 1.29 is 63.2 Å². The molecule has 8 rings (SSSR count). The zero-order valence-corrected chi connectivity index (χ0v) is 39.1. The van der Waals surface area contributed by atoms with Gasteiger partial charge in [-0.05, 0) is 115 Å². The van der Waals surface area contributed by atoms with Crippen LogP contribution in [0.5, 0.6) is 11.5 Å². The molecule has 3 aliphatic rings. The van der Waals surface area contributed by atoms with E-state index in [1.165, 1.54) is 20.1 Å². The lowest BCUT2D eigenvalue weighted by atomic mass is 9.78. The van der Waals surface area contributed by atoms with Crippen molar-refractivity contribution in [2.45, 2.75) is 115 Å². The molecule has 0 saturated heterocycles. The Labute approximate surface area is 392 Å². The lowest BCUT2D eigenvalue weighted by Gasteiger charge is -2.27. The molecule has 0 amide bonds. The van der Waals surface area contributed by atoms with E-state index >= 15 is 4.79 Å². The Morgan fingerprint density at radius 2 is 1.38 bits per heavy atom. The molecule has 2 saturated carbocycles. The summed E-state index contributed by atoms with van der Waals surface area (Å²) in [7, 11) is 2.95. The summed E-state index contributed by atoms with van der Waals surface area (Å²) in [5.41, 5.74) is 1.87. The van der Waals surface area contributed by atoms with Crippen LogP contribution in [0.2, 0.25) is 0 Å². The van der Waals surface area contributed by atoms with E-state index in [1.54, 1.807) is 20.1 Å². The molecule has 5 aromatic rings. The number of ether oxygens (including phenoxy) is 6. The maximum Gasteiger partial charge on any atom is 0.308 e. The van der Waals surface area contributed by atoms with Gasteiger partial charge in [-0.2, -0.15) is 0 Å². The van der Waals surface area contributed by atoms with Gasteiger partial charge in [-0.1, -0.05) is 11.6 Å². The number of ketones is 1. The molecule has 0 bridgehead atoms. The van der Waals surface area contributed by atoms with Crippen LogP contribution in [0.1, 0.15) is 105 Å². The summed E-state index contributed by atoms with van der Waals surface area (Å²) in [6.07, 6.45) is 5.36. The second-order valence-corrected chi connectivity index (χ2v) is 18.4. The Kier molecular flexibility index (Phi) is 15.1. The number of carbonyl (C=O) groups is 3. The summed E-state index contributed by atoms with van der Waals surface area (Å²) in [5.74, 6) is -2.40. The van der Waals surface area contributed by atoms with Gasteiger partial charge < -0.3 is 54.2 Å². The normalized spacial score (nSPS) is 20.2. The van der Waals surface area contributed by atoms with Crippen LogP contribution in [-0.4, -0.2) is 110 Å². The third-order valence-electron chi connectivity index (χ3n) is 14.0. The molecule has 5 aromatic carbocycles. The van der Waals surface area contributed by atoms with Crippen LogP contribution in [0.3, 0.4) is 0 Å². The number of aromatic hydroxyl groups is 1. The standard InChI is InChI=1S/C52H61NO15/c1-26-18-34-35(20-28-6-8-32(19-28)67-38(59)11-15-66-17-16-63-3)50(61)45-37(58)22-30(25-56)42-41-29(24-55)21-36(53-31-7-9-33(23-31)68-39(60)10-14-65-13-5-12-54)44-47(41)48(43(34)46(42)45)49(40(26)27(2)57)52(64-4)51(44)62/h18,21-22,28,31-33,40,53-56,61H,5-17,19-20,23-25H2,1-4H3. The summed E-state index contributed by atoms with van der Waals surface area (Å²) in [5, 5.41) is 50.0. The van der Waals surface area contributed by atoms with E-state index in [0.29, 0.717) is 137 Å². The number of carbonyl (C=O) groups excluding carboxylic acids is 3. The first kappa shape index (κ1) is 48.9. The minimum atomic E-state index is -0.982. The topological polar surface area (TPSA) is 234 Å². The van der Waals surface area contributed by atoms with Crippen molar-refractivity contribution in [2.75, 3.05) is 59.2 Å². The van der Waals surface area contributed by atoms with Crippen LogP contribution in [0.25, 0.3) is 49.2 Å². The Morgan fingerprint density at radius 1 is 0.735 bits per heavy atom. The van der Waals surface area contributed by atoms with Gasteiger partial charge in [0.2, 0.25) is 5.43 Å². The van der Waals surface area contributed by atoms with Gasteiger partial charge in [0, 0.05) is 60.4 Å². The van der Waals surface area contributed by atoms with Crippen LogP contribution in [0.4, 0.5) is 5.69 Å². The quantitative estimate of drug-likeness (QED) is 0.0244. The molecule has 0 heterocycles. The number of Topliss-reactive ketones (excluding diaryl/α,β-unsaturated/α-hetero) is 1. The van der Waals surface area contributed by atoms with Crippen LogP contribution >= 0.6 is 0 Å². The summed E-state index contributed by atoms with van der Waals surface area (Å²) in [4.78, 5) is 69.2. The Hall–Kier alpha value is -5.49. The van der Waals surface area contributed by atoms with Gasteiger partial charge in [-0.25, -0.2) is 0 Å². The molecule has 0 aliphatic heterocycles. The molecule has 5 unspecified atom stereocenters. The highest BCUT2D eigenvalue weighted by atomic mass is 16.6. The van der Waals surface area contributed by atoms with E-state index in [4.69, 9.17) is 33.5 Å². The highest BCUT2D eigenvalue weighted by Crippen LogP contribution is 2.55. The van der Waals surface area contributed by atoms with Gasteiger partial charge in [-0.3, -0.25) is 24.0 Å². The third kappa shape index (κ3) is 9.21. The average Bonchev–Trinajstić information content (AvgIpc) is 3.92. The second kappa shape index (κ2) is 21.0. The van der Waals surface area contributed by atoms with Crippen LogP contribution in [0.15, 0.2) is 27.3 Å². The third-order valence-corrected chi connectivity index (χ3v) is 14.0. The van der Waals surface area contributed by atoms with Gasteiger partial charge in [0.25, 0.3) is 0 Å². The molecular formula is C52H61NO15. The maximum atomic E-state index is 15.2. The van der Waals surface area contributed by atoms with Gasteiger partial charge >= 0.3 is 11.9 Å². The average molecular weight is 940 g/mol. The number of allylic oxidation sites excluding steroid dienone is 1. The van der Waals surface area contributed by atoms with Gasteiger partial charge in [0.1, 0.15) is 23.7 Å². The highest BCUT2D eigenvalue weighted by Gasteiger charge is 2.38. The number of benzene rings is 5. The Morgan fingerprint density at radius 3 is 2.03 bits per heavy atom. The number of aliphatic hydroxyl groups is 3. The molecule has 5 atom stereocenters. The SMILES string of the molecule is COCCOCCC(=O)OC1CCC(Cc2c(O)c3c(=O)cc(CO)c4c5c(CO)cc(NC6CCC(OC(=O)CCOCCCO)C6)c6c(=O)c(OC)c7c(c(c2C=C(C)C7C(C)=O)c34)c65)C1. The van der Waals surface area contributed by atoms with Crippen molar-refractivity contribution in [1.82, 2.24) is 0 Å².